The molecule has 2 atom stereocenters. The zero-order chi connectivity index (χ0) is 18.7. The van der Waals surface area contributed by atoms with Crippen LogP contribution in [0, 0.1) is 17.5 Å². The third-order valence-electron chi connectivity index (χ3n) is 5.00. The minimum atomic E-state index is -1.18. The van der Waals surface area contributed by atoms with Crippen LogP contribution in [0.25, 0.3) is 0 Å². The maximum absolute atomic E-state index is 13.7. The molecule has 0 aromatic heterocycles. The number of rotatable bonds is 6. The summed E-state index contributed by atoms with van der Waals surface area (Å²) in [5, 5.41) is 0.796. The topological polar surface area (TPSA) is 29.3 Å². The van der Waals surface area contributed by atoms with Gasteiger partial charge in [-0.1, -0.05) is 29.8 Å². The molecule has 0 bridgehead atoms. The van der Waals surface area contributed by atoms with Gasteiger partial charge in [0.25, 0.3) is 0 Å². The SMILES string of the molecule is NC(CCN1CCC(c2ccccc2Cl)C1)Cc1cc(F)c(F)cc1F. The Labute approximate surface area is 156 Å². The average molecular weight is 383 g/mol. The number of nitrogens with two attached hydrogens (primary N) is 1. The second kappa shape index (κ2) is 8.42. The van der Waals surface area contributed by atoms with Gasteiger partial charge in [-0.2, -0.15) is 0 Å². The quantitative estimate of drug-likeness (QED) is 0.745. The second-order valence-electron chi connectivity index (χ2n) is 6.92. The third kappa shape index (κ3) is 4.58. The van der Waals surface area contributed by atoms with E-state index in [1.807, 2.05) is 18.2 Å². The van der Waals surface area contributed by atoms with Crippen LogP contribution < -0.4 is 5.73 Å². The van der Waals surface area contributed by atoms with Crippen molar-refractivity contribution < 1.29 is 13.2 Å². The van der Waals surface area contributed by atoms with Crippen molar-refractivity contribution in [1.82, 2.24) is 4.90 Å². The molecule has 2 N–H and O–H groups in total. The summed E-state index contributed by atoms with van der Waals surface area (Å²) in [6.07, 6.45) is 1.88. The fourth-order valence-corrected chi connectivity index (χ4v) is 3.84. The van der Waals surface area contributed by atoms with Crippen molar-refractivity contribution in [3.63, 3.8) is 0 Å². The molecule has 1 aliphatic heterocycles. The van der Waals surface area contributed by atoms with E-state index in [-0.39, 0.29) is 18.0 Å². The lowest BCUT2D eigenvalue weighted by molar-refractivity contribution is 0.316. The van der Waals surface area contributed by atoms with Crippen LogP contribution in [0.4, 0.5) is 13.2 Å². The Morgan fingerprint density at radius 2 is 1.85 bits per heavy atom. The summed E-state index contributed by atoms with van der Waals surface area (Å²) >= 11 is 6.28. The lowest BCUT2D eigenvalue weighted by atomic mass is 9.98. The molecule has 0 spiro atoms. The van der Waals surface area contributed by atoms with Gasteiger partial charge < -0.3 is 10.6 Å². The van der Waals surface area contributed by atoms with Gasteiger partial charge in [-0.15, -0.1) is 0 Å². The van der Waals surface area contributed by atoms with Gasteiger partial charge in [0.15, 0.2) is 11.6 Å². The summed E-state index contributed by atoms with van der Waals surface area (Å²) in [5.74, 6) is -2.57. The van der Waals surface area contributed by atoms with E-state index in [9.17, 15) is 13.2 Å². The normalized spacial score (nSPS) is 19.0. The van der Waals surface area contributed by atoms with Crippen LogP contribution in [0.1, 0.15) is 29.9 Å². The molecule has 0 aliphatic carbocycles. The van der Waals surface area contributed by atoms with Crippen LogP contribution >= 0.6 is 11.6 Å². The fraction of sp³-hybridized carbons (Fsp3) is 0.400. The molecular weight excluding hydrogens is 361 g/mol. The van der Waals surface area contributed by atoms with Crippen LogP contribution in [0.5, 0.6) is 0 Å². The van der Waals surface area contributed by atoms with Gasteiger partial charge >= 0.3 is 0 Å². The van der Waals surface area contributed by atoms with Crippen molar-refractivity contribution in [2.45, 2.75) is 31.2 Å². The highest BCUT2D eigenvalue weighted by Gasteiger charge is 2.25. The number of hydrogen-bond donors (Lipinski definition) is 1. The Hall–Kier alpha value is -1.56. The van der Waals surface area contributed by atoms with Crippen molar-refractivity contribution in [3.8, 4) is 0 Å². The van der Waals surface area contributed by atoms with Gasteiger partial charge in [0.1, 0.15) is 5.82 Å². The maximum atomic E-state index is 13.7. The fourth-order valence-electron chi connectivity index (χ4n) is 3.55. The van der Waals surface area contributed by atoms with Crippen molar-refractivity contribution in [2.24, 2.45) is 5.73 Å². The molecule has 1 fully saturated rings. The molecule has 2 aromatic rings. The van der Waals surface area contributed by atoms with Crippen LogP contribution in [0.2, 0.25) is 5.02 Å². The van der Waals surface area contributed by atoms with Gasteiger partial charge in [0, 0.05) is 23.7 Å². The third-order valence-corrected chi connectivity index (χ3v) is 5.35. The summed E-state index contributed by atoms with van der Waals surface area (Å²) in [7, 11) is 0. The molecule has 2 unspecified atom stereocenters. The Morgan fingerprint density at radius 1 is 1.12 bits per heavy atom. The van der Waals surface area contributed by atoms with Crippen LogP contribution in [-0.4, -0.2) is 30.6 Å². The van der Waals surface area contributed by atoms with E-state index in [0.717, 1.165) is 37.1 Å². The largest absolute Gasteiger partial charge is 0.327 e. The lowest BCUT2D eigenvalue weighted by Crippen LogP contribution is -2.31. The van der Waals surface area contributed by atoms with Gasteiger partial charge in [0.2, 0.25) is 0 Å². The van der Waals surface area contributed by atoms with Gasteiger partial charge in [-0.25, -0.2) is 13.2 Å². The summed E-state index contributed by atoms with van der Waals surface area (Å²) in [4.78, 5) is 2.31. The summed E-state index contributed by atoms with van der Waals surface area (Å²) in [6.45, 7) is 2.66. The van der Waals surface area contributed by atoms with E-state index >= 15 is 0 Å². The number of hydrogen-bond acceptors (Lipinski definition) is 2. The molecule has 2 nitrogen and oxygen atoms in total. The maximum Gasteiger partial charge on any atom is 0.161 e. The predicted octanol–water partition coefficient (Wildman–Crippen LogP) is 4.51. The Bertz CT molecular complexity index is 769. The predicted molar refractivity (Wildman–Crippen MR) is 97.9 cm³/mol. The van der Waals surface area contributed by atoms with Crippen molar-refractivity contribution in [3.05, 3.63) is 70.0 Å². The first kappa shape index (κ1) is 19.2. The molecular formula is C20H22ClF3N2. The molecule has 3 rings (SSSR count). The summed E-state index contributed by atoms with van der Waals surface area (Å²) in [5.41, 5.74) is 7.37. The first-order valence-electron chi connectivity index (χ1n) is 8.80. The highest BCUT2D eigenvalue weighted by Crippen LogP contribution is 2.32. The summed E-state index contributed by atoms with van der Waals surface area (Å²) < 4.78 is 40.0. The minimum Gasteiger partial charge on any atom is -0.327 e. The zero-order valence-corrected chi connectivity index (χ0v) is 15.2. The number of nitrogens with zero attached hydrogens (tertiary/aromatic N) is 1. The van der Waals surface area contributed by atoms with E-state index in [1.165, 1.54) is 5.56 Å². The average Bonchev–Trinajstić information content (AvgIpc) is 3.07. The Morgan fingerprint density at radius 3 is 2.62 bits per heavy atom. The lowest BCUT2D eigenvalue weighted by Gasteiger charge is -2.19. The standard InChI is InChI=1S/C20H22ClF3N2/c21-17-4-2-1-3-16(17)13-5-7-26(12-13)8-6-15(25)9-14-10-19(23)20(24)11-18(14)22/h1-4,10-11,13,15H,5-9,12,25H2. The molecule has 140 valence electrons. The number of likely N-dealkylation sites (tertiary alicyclic amines) is 1. The molecule has 1 aliphatic rings. The van der Waals surface area contributed by atoms with Gasteiger partial charge in [-0.3, -0.25) is 0 Å². The van der Waals surface area contributed by atoms with E-state index in [4.69, 9.17) is 17.3 Å². The van der Waals surface area contributed by atoms with E-state index < -0.39 is 17.5 Å². The smallest absolute Gasteiger partial charge is 0.161 e. The van der Waals surface area contributed by atoms with E-state index in [0.29, 0.717) is 18.4 Å². The van der Waals surface area contributed by atoms with Crippen LogP contribution in [-0.2, 0) is 6.42 Å². The molecule has 2 aromatic carbocycles. The van der Waals surface area contributed by atoms with Crippen molar-refractivity contribution in [1.29, 1.82) is 0 Å². The van der Waals surface area contributed by atoms with Gasteiger partial charge in [-0.05, 0) is 61.5 Å². The van der Waals surface area contributed by atoms with Gasteiger partial charge in [0.05, 0.1) is 0 Å². The zero-order valence-electron chi connectivity index (χ0n) is 14.4. The van der Waals surface area contributed by atoms with E-state index in [1.54, 1.807) is 0 Å². The highest BCUT2D eigenvalue weighted by atomic mass is 35.5. The molecule has 0 radical (unpaired) electrons. The first-order chi connectivity index (χ1) is 12.4. The summed E-state index contributed by atoms with van der Waals surface area (Å²) in [6, 6.07) is 9.05. The Kier molecular flexibility index (Phi) is 6.22. The Balaban J connectivity index is 1.50. The van der Waals surface area contributed by atoms with E-state index in [2.05, 4.69) is 11.0 Å². The molecule has 0 amide bonds. The van der Waals surface area contributed by atoms with Crippen molar-refractivity contribution in [2.75, 3.05) is 19.6 Å². The van der Waals surface area contributed by atoms with Crippen molar-refractivity contribution >= 4 is 11.6 Å². The molecule has 26 heavy (non-hydrogen) atoms. The van der Waals surface area contributed by atoms with Crippen LogP contribution in [0.3, 0.4) is 0 Å². The molecule has 6 heteroatoms. The monoisotopic (exact) mass is 382 g/mol. The first-order valence-corrected chi connectivity index (χ1v) is 9.17. The molecule has 0 saturated carbocycles. The van der Waals surface area contributed by atoms with Crippen LogP contribution in [0.15, 0.2) is 36.4 Å². The minimum absolute atomic E-state index is 0.117. The number of benzene rings is 2. The molecule has 1 heterocycles. The second-order valence-corrected chi connectivity index (χ2v) is 7.33. The highest BCUT2D eigenvalue weighted by molar-refractivity contribution is 6.31. The molecule has 1 saturated heterocycles. The number of halogens is 4.